The third-order valence-electron chi connectivity index (χ3n) is 1.92. The third-order valence-corrected chi connectivity index (χ3v) is 2.16. The number of ether oxygens (including phenoxy) is 2. The van der Waals surface area contributed by atoms with Gasteiger partial charge in [0.25, 0.3) is 0 Å². The number of benzene rings is 1. The van der Waals surface area contributed by atoms with Crippen LogP contribution in [-0.2, 0) is 4.74 Å². The summed E-state index contributed by atoms with van der Waals surface area (Å²) in [5.41, 5.74) is 0.669. The van der Waals surface area contributed by atoms with E-state index in [0.717, 1.165) is 0 Å². The zero-order chi connectivity index (χ0) is 11.3. The van der Waals surface area contributed by atoms with Crippen LogP contribution in [0.2, 0.25) is 5.02 Å². The van der Waals surface area contributed by atoms with Gasteiger partial charge in [-0.3, -0.25) is 0 Å². The van der Waals surface area contributed by atoms with Gasteiger partial charge in [0.1, 0.15) is 5.75 Å². The molecular weight excluding hydrogens is 216 g/mol. The second-order valence-electron chi connectivity index (χ2n) is 3.11. The van der Waals surface area contributed by atoms with E-state index < -0.39 is 6.10 Å². The minimum absolute atomic E-state index is 0.178. The monoisotopic (exact) mass is 230 g/mol. The van der Waals surface area contributed by atoms with Gasteiger partial charge in [-0.15, -0.1) is 0 Å². The molecule has 0 radical (unpaired) electrons. The van der Waals surface area contributed by atoms with Gasteiger partial charge in [-0.2, -0.15) is 0 Å². The maximum Gasteiger partial charge on any atom is 0.189 e. The number of hydrogen-bond acceptors (Lipinski definition) is 3. The normalized spacial score (nSPS) is 12.5. The molecule has 0 spiro atoms. The Morgan fingerprint density at radius 3 is 2.80 bits per heavy atom. The number of rotatable bonds is 5. The third kappa shape index (κ3) is 3.70. The van der Waals surface area contributed by atoms with Gasteiger partial charge in [-0.05, 0) is 32.0 Å². The summed E-state index contributed by atoms with van der Waals surface area (Å²) in [5, 5.41) is 10.1. The predicted molar refractivity (Wildman–Crippen MR) is 59.2 cm³/mol. The topological polar surface area (TPSA) is 38.7 Å². The molecule has 1 atom stereocenters. The van der Waals surface area contributed by atoms with E-state index in [1.165, 1.54) is 0 Å². The predicted octanol–water partition coefficient (Wildman–Crippen LogP) is 2.77. The molecule has 0 aliphatic rings. The lowest BCUT2D eigenvalue weighted by atomic mass is 10.1. The van der Waals surface area contributed by atoms with Gasteiger partial charge < -0.3 is 14.6 Å². The Balaban J connectivity index is 2.77. The molecule has 0 saturated carbocycles. The molecule has 0 unspecified atom stereocenters. The van der Waals surface area contributed by atoms with Crippen LogP contribution in [0, 0.1) is 0 Å². The van der Waals surface area contributed by atoms with Gasteiger partial charge in [-0.1, -0.05) is 11.6 Å². The highest BCUT2D eigenvalue weighted by Gasteiger charge is 2.09. The number of halogens is 1. The van der Waals surface area contributed by atoms with Crippen molar-refractivity contribution < 1.29 is 14.6 Å². The van der Waals surface area contributed by atoms with Crippen LogP contribution in [0.4, 0.5) is 0 Å². The summed E-state index contributed by atoms with van der Waals surface area (Å²) in [4.78, 5) is 0. The van der Waals surface area contributed by atoms with Crippen molar-refractivity contribution in [2.75, 3.05) is 13.4 Å². The molecule has 0 bridgehead atoms. The van der Waals surface area contributed by atoms with Crippen molar-refractivity contribution in [3.05, 3.63) is 28.8 Å². The highest BCUT2D eigenvalue weighted by molar-refractivity contribution is 6.30. The second kappa shape index (κ2) is 5.95. The first-order valence-corrected chi connectivity index (χ1v) is 5.21. The molecule has 1 aromatic carbocycles. The molecular formula is C11H15ClO3. The summed E-state index contributed by atoms with van der Waals surface area (Å²) in [6.45, 7) is 4.33. The fraction of sp³-hybridized carbons (Fsp3) is 0.455. The van der Waals surface area contributed by atoms with E-state index >= 15 is 0 Å². The molecule has 4 heteroatoms. The number of hydrogen-bond donors (Lipinski definition) is 1. The fourth-order valence-electron chi connectivity index (χ4n) is 1.17. The molecule has 1 N–H and O–H groups in total. The molecule has 0 fully saturated rings. The lowest BCUT2D eigenvalue weighted by Gasteiger charge is -2.13. The first-order chi connectivity index (χ1) is 7.15. The molecule has 0 amide bonds. The van der Waals surface area contributed by atoms with E-state index in [1.54, 1.807) is 25.1 Å². The molecule has 0 saturated heterocycles. The van der Waals surface area contributed by atoms with Crippen LogP contribution in [0.5, 0.6) is 5.75 Å². The summed E-state index contributed by atoms with van der Waals surface area (Å²) >= 11 is 5.82. The van der Waals surface area contributed by atoms with Gasteiger partial charge >= 0.3 is 0 Å². The fourth-order valence-corrected chi connectivity index (χ4v) is 1.35. The Hall–Kier alpha value is -0.770. The summed E-state index contributed by atoms with van der Waals surface area (Å²) in [5.74, 6) is 0.600. The first kappa shape index (κ1) is 12.3. The Labute approximate surface area is 94.6 Å². The quantitative estimate of drug-likeness (QED) is 0.625. The molecule has 1 aromatic rings. The Bertz CT molecular complexity index is 313. The average molecular weight is 231 g/mol. The van der Waals surface area contributed by atoms with Crippen LogP contribution >= 0.6 is 11.6 Å². The Kier molecular flexibility index (Phi) is 4.88. The smallest absolute Gasteiger partial charge is 0.189 e. The lowest BCUT2D eigenvalue weighted by molar-refractivity contribution is 0.0205. The molecule has 1 rings (SSSR count). The summed E-state index contributed by atoms with van der Waals surface area (Å²) in [6.07, 6.45) is -0.611. The summed E-state index contributed by atoms with van der Waals surface area (Å²) in [6, 6.07) is 5.13. The molecule has 0 aromatic heterocycles. The van der Waals surface area contributed by atoms with Gasteiger partial charge in [-0.25, -0.2) is 0 Å². The summed E-state index contributed by atoms with van der Waals surface area (Å²) in [7, 11) is 0. The van der Waals surface area contributed by atoms with Crippen LogP contribution in [0.15, 0.2) is 18.2 Å². The maximum atomic E-state index is 9.51. The molecule has 3 nitrogen and oxygen atoms in total. The SMILES string of the molecule is CCOCOc1ccc(Cl)cc1[C@H](C)O. The average Bonchev–Trinajstić information content (AvgIpc) is 2.20. The number of aliphatic hydroxyl groups excluding tert-OH is 1. The summed E-state index contributed by atoms with van der Waals surface area (Å²) < 4.78 is 10.4. The zero-order valence-corrected chi connectivity index (χ0v) is 9.62. The van der Waals surface area contributed by atoms with Crippen molar-refractivity contribution in [1.82, 2.24) is 0 Å². The minimum Gasteiger partial charge on any atom is -0.467 e. The minimum atomic E-state index is -0.611. The van der Waals surface area contributed by atoms with Gasteiger partial charge in [0.15, 0.2) is 6.79 Å². The van der Waals surface area contributed by atoms with Crippen molar-refractivity contribution in [1.29, 1.82) is 0 Å². The van der Waals surface area contributed by atoms with Crippen LogP contribution in [0.3, 0.4) is 0 Å². The van der Waals surface area contributed by atoms with Crippen molar-refractivity contribution in [3.63, 3.8) is 0 Å². The Morgan fingerprint density at radius 1 is 1.47 bits per heavy atom. The lowest BCUT2D eigenvalue weighted by Crippen LogP contribution is -2.05. The van der Waals surface area contributed by atoms with E-state index in [-0.39, 0.29) is 6.79 Å². The standard InChI is InChI=1S/C11H15ClO3/c1-3-14-7-15-11-5-4-9(12)6-10(11)8(2)13/h4-6,8,13H,3,7H2,1-2H3/t8-/m0/s1. The molecule has 84 valence electrons. The zero-order valence-electron chi connectivity index (χ0n) is 8.87. The van der Waals surface area contributed by atoms with E-state index in [9.17, 15) is 5.11 Å². The molecule has 0 aliphatic heterocycles. The second-order valence-corrected chi connectivity index (χ2v) is 3.55. The van der Waals surface area contributed by atoms with Crippen LogP contribution in [-0.4, -0.2) is 18.5 Å². The number of aliphatic hydroxyl groups is 1. The van der Waals surface area contributed by atoms with Crippen molar-refractivity contribution in [2.24, 2.45) is 0 Å². The van der Waals surface area contributed by atoms with Crippen LogP contribution in [0.1, 0.15) is 25.5 Å². The Morgan fingerprint density at radius 2 is 2.20 bits per heavy atom. The van der Waals surface area contributed by atoms with Gasteiger partial charge in [0.05, 0.1) is 6.10 Å². The van der Waals surface area contributed by atoms with E-state index in [4.69, 9.17) is 21.1 Å². The molecule has 0 heterocycles. The molecule has 15 heavy (non-hydrogen) atoms. The van der Waals surface area contributed by atoms with Crippen LogP contribution in [0.25, 0.3) is 0 Å². The maximum absolute atomic E-state index is 9.51. The van der Waals surface area contributed by atoms with E-state index in [1.807, 2.05) is 6.92 Å². The van der Waals surface area contributed by atoms with E-state index in [2.05, 4.69) is 0 Å². The highest BCUT2D eigenvalue weighted by atomic mass is 35.5. The van der Waals surface area contributed by atoms with Gasteiger partial charge in [0, 0.05) is 17.2 Å². The van der Waals surface area contributed by atoms with Gasteiger partial charge in [0.2, 0.25) is 0 Å². The first-order valence-electron chi connectivity index (χ1n) is 4.83. The van der Waals surface area contributed by atoms with Crippen molar-refractivity contribution >= 4 is 11.6 Å². The highest BCUT2D eigenvalue weighted by Crippen LogP contribution is 2.28. The van der Waals surface area contributed by atoms with Crippen molar-refractivity contribution in [3.8, 4) is 5.75 Å². The molecule has 0 aliphatic carbocycles. The largest absolute Gasteiger partial charge is 0.467 e. The van der Waals surface area contributed by atoms with Crippen molar-refractivity contribution in [2.45, 2.75) is 20.0 Å². The van der Waals surface area contributed by atoms with E-state index in [0.29, 0.717) is 22.9 Å². The van der Waals surface area contributed by atoms with Crippen LogP contribution < -0.4 is 4.74 Å².